The van der Waals surface area contributed by atoms with Crippen LogP contribution < -0.4 is 5.32 Å². The number of aromatic nitrogens is 2. The maximum atomic E-state index is 12.1. The molecular formula is C18H24N4O. The van der Waals surface area contributed by atoms with Gasteiger partial charge in [-0.2, -0.15) is 0 Å². The number of carbonyl (C=O) groups is 1. The van der Waals surface area contributed by atoms with Gasteiger partial charge in [-0.15, -0.1) is 0 Å². The third kappa shape index (κ3) is 3.92. The van der Waals surface area contributed by atoms with Gasteiger partial charge in [0.2, 0.25) is 0 Å². The highest BCUT2D eigenvalue weighted by Crippen LogP contribution is 2.23. The lowest BCUT2D eigenvalue weighted by atomic mass is 9.92. The third-order valence-electron chi connectivity index (χ3n) is 4.63. The lowest BCUT2D eigenvalue weighted by Gasteiger charge is -2.34. The van der Waals surface area contributed by atoms with Gasteiger partial charge in [0.15, 0.2) is 0 Å². The predicted molar refractivity (Wildman–Crippen MR) is 90.0 cm³/mol. The Labute approximate surface area is 137 Å². The maximum absolute atomic E-state index is 12.1. The Morgan fingerprint density at radius 2 is 2.13 bits per heavy atom. The van der Waals surface area contributed by atoms with Crippen LogP contribution >= 0.6 is 0 Å². The molecule has 0 radical (unpaired) electrons. The van der Waals surface area contributed by atoms with Gasteiger partial charge in [-0.25, -0.2) is 9.78 Å². The van der Waals surface area contributed by atoms with Crippen molar-refractivity contribution >= 4 is 6.03 Å². The zero-order chi connectivity index (χ0) is 16.1. The van der Waals surface area contributed by atoms with Crippen LogP contribution in [0.5, 0.6) is 0 Å². The van der Waals surface area contributed by atoms with Gasteiger partial charge in [0.05, 0.1) is 6.54 Å². The van der Waals surface area contributed by atoms with E-state index in [0.717, 1.165) is 31.6 Å². The van der Waals surface area contributed by atoms with Gasteiger partial charge in [0.25, 0.3) is 0 Å². The molecule has 122 valence electrons. The molecule has 1 fully saturated rings. The van der Waals surface area contributed by atoms with E-state index in [9.17, 15) is 4.79 Å². The first kappa shape index (κ1) is 15.6. The molecule has 0 bridgehead atoms. The summed E-state index contributed by atoms with van der Waals surface area (Å²) in [6, 6.07) is 10.8. The molecule has 5 nitrogen and oxygen atoms in total. The number of hydrogen-bond acceptors (Lipinski definition) is 2. The molecule has 3 rings (SSSR count). The highest BCUT2D eigenvalue weighted by molar-refractivity contribution is 5.74. The predicted octanol–water partition coefficient (Wildman–Crippen LogP) is 2.82. The topological polar surface area (TPSA) is 50.2 Å². The van der Waals surface area contributed by atoms with Crippen LogP contribution in [0.25, 0.3) is 0 Å². The number of rotatable bonds is 6. The van der Waals surface area contributed by atoms with E-state index >= 15 is 0 Å². The second-order valence-electron chi connectivity index (χ2n) is 6.13. The zero-order valence-corrected chi connectivity index (χ0v) is 13.6. The van der Waals surface area contributed by atoms with Crippen LogP contribution in [0.3, 0.4) is 0 Å². The first-order valence-electron chi connectivity index (χ1n) is 8.28. The zero-order valence-electron chi connectivity index (χ0n) is 13.6. The van der Waals surface area contributed by atoms with Crippen molar-refractivity contribution in [3.05, 3.63) is 54.1 Å². The molecule has 1 saturated carbocycles. The third-order valence-corrected chi connectivity index (χ3v) is 4.63. The van der Waals surface area contributed by atoms with Gasteiger partial charge in [-0.3, -0.25) is 0 Å². The first-order valence-corrected chi connectivity index (χ1v) is 8.28. The monoisotopic (exact) mass is 312 g/mol. The van der Waals surface area contributed by atoms with Crippen molar-refractivity contribution in [2.45, 2.75) is 44.8 Å². The maximum Gasteiger partial charge on any atom is 0.317 e. The van der Waals surface area contributed by atoms with E-state index in [4.69, 9.17) is 0 Å². The van der Waals surface area contributed by atoms with E-state index in [0.29, 0.717) is 12.6 Å². The van der Waals surface area contributed by atoms with Crippen molar-refractivity contribution < 1.29 is 4.79 Å². The van der Waals surface area contributed by atoms with Gasteiger partial charge in [-0.05, 0) is 31.2 Å². The van der Waals surface area contributed by atoms with Crippen LogP contribution in [0.4, 0.5) is 4.79 Å². The quantitative estimate of drug-likeness (QED) is 0.891. The summed E-state index contributed by atoms with van der Waals surface area (Å²) < 4.78 is 2.11. The molecule has 1 aliphatic carbocycles. The molecule has 2 aromatic rings. The number of amides is 2. The first-order chi connectivity index (χ1) is 11.2. The Morgan fingerprint density at radius 1 is 1.35 bits per heavy atom. The second kappa shape index (κ2) is 7.31. The number of benzene rings is 1. The van der Waals surface area contributed by atoms with Gasteiger partial charge < -0.3 is 14.8 Å². The van der Waals surface area contributed by atoms with Crippen molar-refractivity contribution in [3.8, 4) is 0 Å². The highest BCUT2D eigenvalue weighted by atomic mass is 16.2. The lowest BCUT2D eigenvalue weighted by Crippen LogP contribution is -2.46. The van der Waals surface area contributed by atoms with Crippen LogP contribution in [0.2, 0.25) is 0 Å². The summed E-state index contributed by atoms with van der Waals surface area (Å²) in [5.41, 5.74) is 1.31. The van der Waals surface area contributed by atoms with Crippen molar-refractivity contribution in [3.63, 3.8) is 0 Å². The summed E-state index contributed by atoms with van der Waals surface area (Å²) in [6.45, 7) is 1.34. The molecule has 0 atom stereocenters. The van der Waals surface area contributed by atoms with E-state index in [1.165, 1.54) is 12.0 Å². The Balaban J connectivity index is 1.51. The molecule has 5 heteroatoms. The minimum Gasteiger partial charge on any atom is -0.333 e. The summed E-state index contributed by atoms with van der Waals surface area (Å²) in [5, 5.41) is 2.98. The molecule has 2 amide bonds. The Morgan fingerprint density at radius 3 is 2.83 bits per heavy atom. The minimum absolute atomic E-state index is 0.00712. The smallest absolute Gasteiger partial charge is 0.317 e. The lowest BCUT2D eigenvalue weighted by molar-refractivity contribution is 0.157. The fourth-order valence-electron chi connectivity index (χ4n) is 2.82. The molecule has 0 unspecified atom stereocenters. The molecule has 0 aliphatic heterocycles. The largest absolute Gasteiger partial charge is 0.333 e. The second-order valence-corrected chi connectivity index (χ2v) is 6.13. The number of hydrogen-bond donors (Lipinski definition) is 1. The fourth-order valence-corrected chi connectivity index (χ4v) is 2.82. The van der Waals surface area contributed by atoms with E-state index in [1.54, 1.807) is 6.20 Å². The van der Waals surface area contributed by atoms with Crippen LogP contribution in [0, 0.1) is 0 Å². The molecule has 0 saturated heterocycles. The molecule has 1 N–H and O–H groups in total. The van der Waals surface area contributed by atoms with Gasteiger partial charge in [0.1, 0.15) is 5.82 Å². The molecule has 23 heavy (non-hydrogen) atoms. The summed E-state index contributed by atoms with van der Waals surface area (Å²) in [5.74, 6) is 0.899. The van der Waals surface area contributed by atoms with E-state index < -0.39 is 0 Å². The Bertz CT molecular complexity index is 633. The summed E-state index contributed by atoms with van der Waals surface area (Å²) in [4.78, 5) is 18.3. The van der Waals surface area contributed by atoms with Crippen LogP contribution in [0.1, 0.15) is 30.7 Å². The van der Waals surface area contributed by atoms with Crippen molar-refractivity contribution in [2.75, 3.05) is 7.05 Å². The van der Waals surface area contributed by atoms with Crippen molar-refractivity contribution in [2.24, 2.45) is 0 Å². The summed E-state index contributed by atoms with van der Waals surface area (Å²) in [7, 11) is 1.88. The van der Waals surface area contributed by atoms with Gasteiger partial charge in [-0.1, -0.05) is 30.3 Å². The Hall–Kier alpha value is -2.30. The molecule has 1 aliphatic rings. The molecular weight excluding hydrogens is 288 g/mol. The average Bonchev–Trinajstić information content (AvgIpc) is 2.97. The number of carbonyl (C=O) groups excluding carboxylic acids is 1. The summed E-state index contributed by atoms with van der Waals surface area (Å²) in [6.07, 6.45) is 8.19. The standard InChI is InChI=1S/C18H24N4O/c1-21(16-8-5-9-16)18(23)20-14-17-19-11-13-22(17)12-10-15-6-3-2-4-7-15/h2-4,6-7,11,13,16H,5,8-10,12,14H2,1H3,(H,20,23). The fraction of sp³-hybridized carbons (Fsp3) is 0.444. The number of imidazole rings is 1. The van der Waals surface area contributed by atoms with Crippen LogP contribution in [-0.4, -0.2) is 33.6 Å². The average molecular weight is 312 g/mol. The molecule has 1 aromatic carbocycles. The minimum atomic E-state index is -0.00712. The molecule has 1 heterocycles. The van der Waals surface area contributed by atoms with Crippen molar-refractivity contribution in [1.82, 2.24) is 19.8 Å². The van der Waals surface area contributed by atoms with Gasteiger partial charge in [0, 0.05) is 32.0 Å². The van der Waals surface area contributed by atoms with E-state index in [-0.39, 0.29) is 6.03 Å². The van der Waals surface area contributed by atoms with E-state index in [2.05, 4.69) is 39.1 Å². The number of nitrogens with one attached hydrogen (secondary N) is 1. The normalized spacial score (nSPS) is 14.3. The van der Waals surface area contributed by atoms with Crippen molar-refractivity contribution in [1.29, 1.82) is 0 Å². The summed E-state index contributed by atoms with van der Waals surface area (Å²) >= 11 is 0. The number of aryl methyl sites for hydroxylation is 2. The highest BCUT2D eigenvalue weighted by Gasteiger charge is 2.25. The van der Waals surface area contributed by atoms with Crippen LogP contribution in [-0.2, 0) is 19.5 Å². The van der Waals surface area contributed by atoms with Gasteiger partial charge >= 0.3 is 6.03 Å². The Kier molecular flexibility index (Phi) is 4.95. The number of urea groups is 1. The van der Waals surface area contributed by atoms with E-state index in [1.807, 2.05) is 24.2 Å². The van der Waals surface area contributed by atoms with Crippen LogP contribution in [0.15, 0.2) is 42.7 Å². The SMILES string of the molecule is CN(C(=O)NCc1nccn1CCc1ccccc1)C1CCC1. The number of nitrogens with zero attached hydrogens (tertiary/aromatic N) is 3. The molecule has 1 aromatic heterocycles. The molecule has 0 spiro atoms.